The van der Waals surface area contributed by atoms with Crippen molar-refractivity contribution in [3.05, 3.63) is 42.1 Å². The third kappa shape index (κ3) is 3.20. The molecule has 96 valence electrons. The predicted molar refractivity (Wildman–Crippen MR) is 75.2 cm³/mol. The van der Waals surface area contributed by atoms with E-state index in [4.69, 9.17) is 0 Å². The molecule has 0 aliphatic heterocycles. The van der Waals surface area contributed by atoms with E-state index in [0.29, 0.717) is 5.92 Å². The van der Waals surface area contributed by atoms with Gasteiger partial charge in [0.25, 0.3) is 0 Å². The van der Waals surface area contributed by atoms with E-state index >= 15 is 0 Å². The first kappa shape index (κ1) is 12.8. The second-order valence-electron chi connectivity index (χ2n) is 5.07. The summed E-state index contributed by atoms with van der Waals surface area (Å²) in [4.78, 5) is 0. The molecule has 0 amide bonds. The molecule has 0 atom stereocenters. The van der Waals surface area contributed by atoms with Crippen LogP contribution in [0.5, 0.6) is 0 Å². The SMILES string of the molecule is CC(C)CNCc1cn(C)nc1-c1ccccc1. The fraction of sp³-hybridized carbons (Fsp3) is 0.400. The van der Waals surface area contributed by atoms with Gasteiger partial charge in [0, 0.05) is 30.9 Å². The molecule has 1 N–H and O–H groups in total. The Morgan fingerprint density at radius 1 is 1.22 bits per heavy atom. The molecular formula is C15H21N3. The van der Waals surface area contributed by atoms with E-state index in [1.165, 1.54) is 11.1 Å². The first-order valence-corrected chi connectivity index (χ1v) is 6.45. The first-order chi connectivity index (χ1) is 8.66. The number of aromatic nitrogens is 2. The number of benzene rings is 1. The van der Waals surface area contributed by atoms with Crippen molar-refractivity contribution >= 4 is 0 Å². The van der Waals surface area contributed by atoms with E-state index in [2.05, 4.69) is 54.7 Å². The smallest absolute Gasteiger partial charge is 0.0967 e. The highest BCUT2D eigenvalue weighted by Gasteiger charge is 2.09. The Morgan fingerprint density at radius 3 is 2.61 bits per heavy atom. The second-order valence-corrected chi connectivity index (χ2v) is 5.07. The summed E-state index contributed by atoms with van der Waals surface area (Å²) < 4.78 is 1.88. The van der Waals surface area contributed by atoms with Crippen molar-refractivity contribution in [3.63, 3.8) is 0 Å². The third-order valence-electron chi connectivity index (χ3n) is 2.82. The van der Waals surface area contributed by atoms with Crippen LogP contribution in [0.4, 0.5) is 0 Å². The standard InChI is InChI=1S/C15H21N3/c1-12(2)9-16-10-14-11-18(3)17-15(14)13-7-5-4-6-8-13/h4-8,11-12,16H,9-10H2,1-3H3. The van der Waals surface area contributed by atoms with Gasteiger partial charge in [-0.2, -0.15) is 5.10 Å². The molecule has 1 aromatic carbocycles. The van der Waals surface area contributed by atoms with Gasteiger partial charge in [0.2, 0.25) is 0 Å². The van der Waals surface area contributed by atoms with E-state index in [1.54, 1.807) is 0 Å². The Labute approximate surface area is 109 Å². The van der Waals surface area contributed by atoms with Gasteiger partial charge in [-0.3, -0.25) is 4.68 Å². The quantitative estimate of drug-likeness (QED) is 0.875. The van der Waals surface area contributed by atoms with Gasteiger partial charge in [-0.15, -0.1) is 0 Å². The van der Waals surface area contributed by atoms with E-state index in [9.17, 15) is 0 Å². The minimum absolute atomic E-state index is 0.668. The van der Waals surface area contributed by atoms with Gasteiger partial charge in [0.15, 0.2) is 0 Å². The molecule has 0 radical (unpaired) electrons. The monoisotopic (exact) mass is 243 g/mol. The molecule has 1 aromatic heterocycles. The van der Waals surface area contributed by atoms with Gasteiger partial charge in [-0.05, 0) is 12.5 Å². The molecule has 0 spiro atoms. The van der Waals surface area contributed by atoms with E-state index in [1.807, 2.05) is 17.8 Å². The Morgan fingerprint density at radius 2 is 1.94 bits per heavy atom. The Kier molecular flexibility index (Phi) is 4.15. The van der Waals surface area contributed by atoms with Gasteiger partial charge in [0.1, 0.15) is 0 Å². The van der Waals surface area contributed by atoms with Gasteiger partial charge in [-0.1, -0.05) is 44.2 Å². The first-order valence-electron chi connectivity index (χ1n) is 6.45. The van der Waals surface area contributed by atoms with Crippen LogP contribution in [0.1, 0.15) is 19.4 Å². The molecule has 0 saturated carbocycles. The number of hydrogen-bond donors (Lipinski definition) is 1. The lowest BCUT2D eigenvalue weighted by atomic mass is 10.1. The van der Waals surface area contributed by atoms with Gasteiger partial charge >= 0.3 is 0 Å². The van der Waals surface area contributed by atoms with Crippen molar-refractivity contribution in [2.45, 2.75) is 20.4 Å². The van der Waals surface area contributed by atoms with Crippen LogP contribution in [0, 0.1) is 5.92 Å². The number of hydrogen-bond acceptors (Lipinski definition) is 2. The second kappa shape index (κ2) is 5.83. The average molecular weight is 243 g/mol. The molecule has 18 heavy (non-hydrogen) atoms. The summed E-state index contributed by atoms with van der Waals surface area (Å²) in [5.41, 5.74) is 3.51. The fourth-order valence-electron chi connectivity index (χ4n) is 2.00. The van der Waals surface area contributed by atoms with Crippen LogP contribution in [-0.2, 0) is 13.6 Å². The van der Waals surface area contributed by atoms with Crippen LogP contribution in [0.15, 0.2) is 36.5 Å². The molecule has 2 aromatic rings. The normalized spacial score (nSPS) is 11.1. The van der Waals surface area contributed by atoms with Gasteiger partial charge in [-0.25, -0.2) is 0 Å². The molecule has 0 saturated heterocycles. The summed E-state index contributed by atoms with van der Waals surface area (Å²) in [6, 6.07) is 10.3. The Hall–Kier alpha value is -1.61. The van der Waals surface area contributed by atoms with Gasteiger partial charge < -0.3 is 5.32 Å². The van der Waals surface area contributed by atoms with Crippen molar-refractivity contribution in [3.8, 4) is 11.3 Å². The van der Waals surface area contributed by atoms with Crippen molar-refractivity contribution in [2.24, 2.45) is 13.0 Å². The zero-order valence-corrected chi connectivity index (χ0v) is 11.4. The fourth-order valence-corrected chi connectivity index (χ4v) is 2.00. The van der Waals surface area contributed by atoms with E-state index < -0.39 is 0 Å². The lowest BCUT2D eigenvalue weighted by molar-refractivity contribution is 0.552. The molecule has 1 heterocycles. The lowest BCUT2D eigenvalue weighted by Gasteiger charge is -2.07. The minimum atomic E-state index is 0.668. The molecular weight excluding hydrogens is 222 g/mol. The number of nitrogens with one attached hydrogen (secondary N) is 1. The minimum Gasteiger partial charge on any atom is -0.312 e. The molecule has 3 heteroatoms. The zero-order valence-electron chi connectivity index (χ0n) is 11.4. The van der Waals surface area contributed by atoms with Crippen LogP contribution in [-0.4, -0.2) is 16.3 Å². The summed E-state index contributed by atoms with van der Waals surface area (Å²) in [5, 5.41) is 8.03. The summed E-state index contributed by atoms with van der Waals surface area (Å²) >= 11 is 0. The third-order valence-corrected chi connectivity index (χ3v) is 2.82. The number of rotatable bonds is 5. The average Bonchev–Trinajstić information content (AvgIpc) is 2.71. The molecule has 0 unspecified atom stereocenters. The van der Waals surface area contributed by atoms with Crippen molar-refractivity contribution in [1.82, 2.24) is 15.1 Å². The zero-order chi connectivity index (χ0) is 13.0. The van der Waals surface area contributed by atoms with Gasteiger partial charge in [0.05, 0.1) is 5.69 Å². The number of aryl methyl sites for hydroxylation is 1. The van der Waals surface area contributed by atoms with Crippen molar-refractivity contribution in [2.75, 3.05) is 6.54 Å². The molecule has 0 aliphatic rings. The molecule has 3 nitrogen and oxygen atoms in total. The molecule has 0 bridgehead atoms. The summed E-state index contributed by atoms with van der Waals surface area (Å²) in [5.74, 6) is 0.668. The maximum Gasteiger partial charge on any atom is 0.0967 e. The summed E-state index contributed by atoms with van der Waals surface area (Å²) in [6.07, 6.45) is 2.09. The highest BCUT2D eigenvalue weighted by Crippen LogP contribution is 2.21. The van der Waals surface area contributed by atoms with Crippen LogP contribution in [0.25, 0.3) is 11.3 Å². The predicted octanol–water partition coefficient (Wildman–Crippen LogP) is 2.83. The van der Waals surface area contributed by atoms with E-state index in [0.717, 1.165) is 18.8 Å². The van der Waals surface area contributed by atoms with E-state index in [-0.39, 0.29) is 0 Å². The van der Waals surface area contributed by atoms with Crippen LogP contribution in [0.3, 0.4) is 0 Å². The Bertz CT molecular complexity index is 486. The van der Waals surface area contributed by atoms with Crippen LogP contribution in [0.2, 0.25) is 0 Å². The summed E-state index contributed by atoms with van der Waals surface area (Å²) in [6.45, 7) is 6.34. The maximum absolute atomic E-state index is 4.56. The highest BCUT2D eigenvalue weighted by atomic mass is 15.3. The molecule has 0 fully saturated rings. The van der Waals surface area contributed by atoms with Crippen molar-refractivity contribution in [1.29, 1.82) is 0 Å². The van der Waals surface area contributed by atoms with Crippen molar-refractivity contribution < 1.29 is 0 Å². The Balaban J connectivity index is 2.16. The summed E-state index contributed by atoms with van der Waals surface area (Å²) in [7, 11) is 1.97. The molecule has 0 aliphatic carbocycles. The topological polar surface area (TPSA) is 29.9 Å². The maximum atomic E-state index is 4.56. The largest absolute Gasteiger partial charge is 0.312 e. The highest BCUT2D eigenvalue weighted by molar-refractivity contribution is 5.62. The lowest BCUT2D eigenvalue weighted by Crippen LogP contribution is -2.19. The van der Waals surface area contributed by atoms with Crippen LogP contribution < -0.4 is 5.32 Å². The number of nitrogens with zero attached hydrogens (tertiary/aromatic N) is 2. The van der Waals surface area contributed by atoms with Crippen LogP contribution >= 0.6 is 0 Å². The molecule has 2 rings (SSSR count).